The Kier molecular flexibility index (Phi) is 5.94. The molecular weight excluding hydrogens is 354 g/mol. The van der Waals surface area contributed by atoms with E-state index in [1.165, 1.54) is 0 Å². The van der Waals surface area contributed by atoms with Crippen molar-refractivity contribution in [2.75, 3.05) is 14.2 Å². The number of ether oxygens (including phenoxy) is 2. The van der Waals surface area contributed by atoms with Gasteiger partial charge in [0.2, 0.25) is 0 Å². The smallest absolute Gasteiger partial charge is 0.339 e. The SMILES string of the molecule is COc1ccc(C(=O)O[C@H](C)C(=O)N(C)Cc2ccccc2)c2ccccc12. The van der Waals surface area contributed by atoms with Crippen molar-refractivity contribution in [2.24, 2.45) is 0 Å². The van der Waals surface area contributed by atoms with E-state index in [4.69, 9.17) is 9.47 Å². The number of rotatable bonds is 6. The van der Waals surface area contributed by atoms with E-state index in [0.717, 1.165) is 16.3 Å². The zero-order valence-electron chi connectivity index (χ0n) is 16.2. The summed E-state index contributed by atoms with van der Waals surface area (Å²) in [5, 5.41) is 1.55. The Labute approximate surface area is 164 Å². The Morgan fingerprint density at radius 2 is 1.57 bits per heavy atom. The maximum absolute atomic E-state index is 12.7. The maximum atomic E-state index is 12.7. The van der Waals surface area contributed by atoms with Crippen LogP contribution in [0.1, 0.15) is 22.8 Å². The predicted octanol–water partition coefficient (Wildman–Crippen LogP) is 4.05. The van der Waals surface area contributed by atoms with Gasteiger partial charge in [-0.25, -0.2) is 4.79 Å². The molecule has 0 heterocycles. The highest BCUT2D eigenvalue weighted by Crippen LogP contribution is 2.29. The molecule has 1 atom stereocenters. The van der Waals surface area contributed by atoms with Gasteiger partial charge in [0.1, 0.15) is 5.75 Å². The van der Waals surface area contributed by atoms with Gasteiger partial charge >= 0.3 is 5.97 Å². The summed E-state index contributed by atoms with van der Waals surface area (Å²) in [7, 11) is 3.28. The summed E-state index contributed by atoms with van der Waals surface area (Å²) in [6.07, 6.45) is -0.887. The van der Waals surface area contributed by atoms with E-state index in [2.05, 4.69) is 0 Å². The molecule has 0 aliphatic heterocycles. The van der Waals surface area contributed by atoms with Crippen LogP contribution in [0, 0.1) is 0 Å². The van der Waals surface area contributed by atoms with E-state index in [9.17, 15) is 9.59 Å². The molecule has 0 unspecified atom stereocenters. The Morgan fingerprint density at radius 1 is 0.929 bits per heavy atom. The summed E-state index contributed by atoms with van der Waals surface area (Å²) in [6, 6.07) is 20.5. The van der Waals surface area contributed by atoms with Gasteiger partial charge in [0, 0.05) is 19.0 Å². The van der Waals surface area contributed by atoms with Gasteiger partial charge in [-0.2, -0.15) is 0 Å². The molecule has 0 saturated heterocycles. The number of nitrogens with zero attached hydrogens (tertiary/aromatic N) is 1. The minimum absolute atomic E-state index is 0.255. The molecule has 0 bridgehead atoms. The first-order valence-corrected chi connectivity index (χ1v) is 9.07. The van der Waals surface area contributed by atoms with Gasteiger partial charge in [0.05, 0.1) is 12.7 Å². The predicted molar refractivity (Wildman–Crippen MR) is 108 cm³/mol. The van der Waals surface area contributed by atoms with Crippen LogP contribution in [-0.4, -0.2) is 37.0 Å². The first-order valence-electron chi connectivity index (χ1n) is 9.07. The third-order valence-electron chi connectivity index (χ3n) is 4.59. The van der Waals surface area contributed by atoms with Gasteiger partial charge in [-0.05, 0) is 30.0 Å². The molecule has 0 radical (unpaired) electrons. The van der Waals surface area contributed by atoms with Crippen LogP contribution in [0.25, 0.3) is 10.8 Å². The molecule has 1 amide bonds. The minimum atomic E-state index is -0.887. The molecule has 0 saturated carbocycles. The van der Waals surface area contributed by atoms with Crippen LogP contribution in [0.2, 0.25) is 0 Å². The first-order chi connectivity index (χ1) is 13.5. The zero-order valence-corrected chi connectivity index (χ0v) is 16.2. The summed E-state index contributed by atoms with van der Waals surface area (Å²) in [5.41, 5.74) is 1.42. The molecule has 28 heavy (non-hydrogen) atoms. The van der Waals surface area contributed by atoms with E-state index < -0.39 is 12.1 Å². The monoisotopic (exact) mass is 377 g/mol. The number of carbonyl (C=O) groups is 2. The lowest BCUT2D eigenvalue weighted by atomic mass is 10.0. The fourth-order valence-electron chi connectivity index (χ4n) is 3.15. The van der Waals surface area contributed by atoms with Gasteiger partial charge in [-0.3, -0.25) is 4.79 Å². The Morgan fingerprint density at radius 3 is 2.25 bits per heavy atom. The third-order valence-corrected chi connectivity index (χ3v) is 4.59. The molecule has 3 aromatic rings. The number of benzene rings is 3. The normalized spacial score (nSPS) is 11.7. The molecular formula is C23H23NO4. The second-order valence-corrected chi connectivity index (χ2v) is 6.59. The minimum Gasteiger partial charge on any atom is -0.496 e. The summed E-state index contributed by atoms with van der Waals surface area (Å²) >= 11 is 0. The largest absolute Gasteiger partial charge is 0.496 e. The number of carbonyl (C=O) groups excluding carboxylic acids is 2. The Hall–Kier alpha value is -3.34. The highest BCUT2D eigenvalue weighted by atomic mass is 16.5. The van der Waals surface area contributed by atoms with E-state index in [0.29, 0.717) is 17.9 Å². The molecule has 3 rings (SSSR count). The number of hydrogen-bond donors (Lipinski definition) is 0. The van der Waals surface area contributed by atoms with Crippen LogP contribution in [0.4, 0.5) is 0 Å². The van der Waals surface area contributed by atoms with Gasteiger partial charge in [0.15, 0.2) is 6.10 Å². The molecule has 144 valence electrons. The summed E-state index contributed by atoms with van der Waals surface area (Å²) in [4.78, 5) is 26.9. The zero-order chi connectivity index (χ0) is 20.1. The second-order valence-electron chi connectivity index (χ2n) is 6.59. The lowest BCUT2D eigenvalue weighted by molar-refractivity contribution is -0.139. The number of amides is 1. The number of methoxy groups -OCH3 is 1. The summed E-state index contributed by atoms with van der Waals surface area (Å²) < 4.78 is 10.8. The van der Waals surface area contributed by atoms with E-state index >= 15 is 0 Å². The number of likely N-dealkylation sites (N-methyl/N-ethyl adjacent to an activating group) is 1. The van der Waals surface area contributed by atoms with Gasteiger partial charge in [0.25, 0.3) is 5.91 Å². The molecule has 0 aliphatic rings. The number of hydrogen-bond acceptors (Lipinski definition) is 4. The average molecular weight is 377 g/mol. The lowest BCUT2D eigenvalue weighted by Crippen LogP contribution is -2.37. The average Bonchev–Trinajstić information content (AvgIpc) is 2.72. The highest BCUT2D eigenvalue weighted by Gasteiger charge is 2.23. The summed E-state index contributed by atoms with van der Waals surface area (Å²) in [5.74, 6) is -0.110. The van der Waals surface area contributed by atoms with Crippen molar-refractivity contribution >= 4 is 22.6 Å². The Balaban J connectivity index is 1.74. The van der Waals surface area contributed by atoms with Gasteiger partial charge < -0.3 is 14.4 Å². The quantitative estimate of drug-likeness (QED) is 0.608. The van der Waals surface area contributed by atoms with Crippen molar-refractivity contribution in [2.45, 2.75) is 19.6 Å². The van der Waals surface area contributed by atoms with Gasteiger partial charge in [-0.1, -0.05) is 54.6 Å². The molecule has 3 aromatic carbocycles. The van der Waals surface area contributed by atoms with E-state index in [1.54, 1.807) is 38.1 Å². The van der Waals surface area contributed by atoms with Crippen LogP contribution in [0.5, 0.6) is 5.75 Å². The Bertz CT molecular complexity index is 984. The fourth-order valence-corrected chi connectivity index (χ4v) is 3.15. The van der Waals surface area contributed by atoms with Crippen LogP contribution in [-0.2, 0) is 16.1 Å². The molecule has 0 N–H and O–H groups in total. The fraction of sp³-hybridized carbons (Fsp3) is 0.217. The van der Waals surface area contributed by atoms with Crippen LogP contribution in [0.3, 0.4) is 0 Å². The molecule has 0 fully saturated rings. The van der Waals surface area contributed by atoms with Crippen LogP contribution >= 0.6 is 0 Å². The van der Waals surface area contributed by atoms with Crippen LogP contribution in [0.15, 0.2) is 66.7 Å². The van der Waals surface area contributed by atoms with Crippen molar-refractivity contribution in [3.8, 4) is 5.75 Å². The highest BCUT2D eigenvalue weighted by molar-refractivity contribution is 6.06. The summed E-state index contributed by atoms with van der Waals surface area (Å²) in [6.45, 7) is 2.04. The lowest BCUT2D eigenvalue weighted by Gasteiger charge is -2.22. The van der Waals surface area contributed by atoms with Crippen molar-refractivity contribution in [1.82, 2.24) is 4.90 Å². The van der Waals surface area contributed by atoms with Crippen molar-refractivity contribution in [1.29, 1.82) is 0 Å². The maximum Gasteiger partial charge on any atom is 0.339 e. The molecule has 5 nitrogen and oxygen atoms in total. The molecule has 0 aliphatic carbocycles. The van der Waals surface area contributed by atoms with E-state index in [1.807, 2.05) is 54.6 Å². The number of fused-ring (bicyclic) bond motifs is 1. The molecule has 0 spiro atoms. The van der Waals surface area contributed by atoms with Crippen LogP contribution < -0.4 is 4.74 Å². The van der Waals surface area contributed by atoms with Gasteiger partial charge in [-0.15, -0.1) is 0 Å². The van der Waals surface area contributed by atoms with Crippen molar-refractivity contribution in [3.63, 3.8) is 0 Å². The topological polar surface area (TPSA) is 55.8 Å². The first kappa shape index (κ1) is 19.4. The standard InChI is InChI=1S/C23H23NO4/c1-16(22(25)24(2)15-17-9-5-4-6-10-17)28-23(26)20-13-14-21(27-3)19-12-8-7-11-18(19)20/h4-14,16H,15H2,1-3H3/t16-/m1/s1. The third kappa shape index (κ3) is 4.14. The second kappa shape index (κ2) is 8.57. The van der Waals surface area contributed by atoms with E-state index in [-0.39, 0.29) is 5.91 Å². The molecule has 5 heteroatoms. The van der Waals surface area contributed by atoms with Crippen molar-refractivity contribution in [3.05, 3.63) is 77.9 Å². The number of esters is 1. The van der Waals surface area contributed by atoms with Crippen molar-refractivity contribution < 1.29 is 19.1 Å². The molecule has 0 aromatic heterocycles.